The highest BCUT2D eigenvalue weighted by Gasteiger charge is 2.68. The van der Waals surface area contributed by atoms with Crippen LogP contribution in [-0.2, 0) is 123 Å². The summed E-state index contributed by atoms with van der Waals surface area (Å²) in [6, 6.07) is 6.58. The Labute approximate surface area is 581 Å². The summed E-state index contributed by atoms with van der Waals surface area (Å²) in [5.41, 5.74) is -1.37. The maximum Gasteiger partial charge on any atom is 0.471 e. The Balaban J connectivity index is 0.670. The Kier molecular flexibility index (Phi) is 34.9. The number of rotatable bonds is 53. The van der Waals surface area contributed by atoms with Gasteiger partial charge in [-0.15, -0.1) is 0 Å². The average Bonchev–Trinajstić information content (AvgIpc) is 1.58. The number of alkyl halides is 6. The third kappa shape index (κ3) is 28.8. The number of para-hydroxylation sites is 1. The van der Waals surface area contributed by atoms with E-state index in [2.05, 4.69) is 21.3 Å². The molecule has 0 spiro atoms. The van der Waals surface area contributed by atoms with Crippen LogP contribution in [0.2, 0.25) is 0 Å². The smallest absolute Gasteiger partial charge is 0.383 e. The van der Waals surface area contributed by atoms with Crippen molar-refractivity contribution in [2.45, 2.75) is 131 Å². The number of amides is 5. The first-order chi connectivity index (χ1) is 48.4. The molecule has 1 aromatic rings. The van der Waals surface area contributed by atoms with Gasteiger partial charge in [-0.05, 0) is 39.8 Å². The number of ether oxygens (including phenoxy) is 21. The van der Waals surface area contributed by atoms with E-state index < -0.39 is 108 Å². The third-order valence-corrected chi connectivity index (χ3v) is 15.7. The highest BCUT2D eigenvalue weighted by atomic mass is 19.4. The van der Waals surface area contributed by atoms with Crippen molar-refractivity contribution in [3.63, 3.8) is 0 Å². The Morgan fingerprint density at radius 1 is 0.446 bits per heavy atom. The van der Waals surface area contributed by atoms with E-state index in [0.29, 0.717) is 26.4 Å². The Hall–Kier alpha value is -4.89. The van der Waals surface area contributed by atoms with Gasteiger partial charge in [-0.3, -0.25) is 24.0 Å². The van der Waals surface area contributed by atoms with Gasteiger partial charge in [-0.25, -0.2) is 0 Å². The number of benzene rings is 1. The summed E-state index contributed by atoms with van der Waals surface area (Å²) in [5.74, 6) is -7.64. The topological polar surface area (TPSA) is 351 Å². The van der Waals surface area contributed by atoms with Crippen molar-refractivity contribution in [1.29, 1.82) is 0 Å². The lowest BCUT2D eigenvalue weighted by Gasteiger charge is -2.42. The maximum absolute atomic E-state index is 13.1. The van der Waals surface area contributed by atoms with Crippen molar-refractivity contribution in [1.82, 2.24) is 26.6 Å². The van der Waals surface area contributed by atoms with Crippen LogP contribution in [0.25, 0.3) is 0 Å². The van der Waals surface area contributed by atoms with Crippen LogP contribution >= 0.6 is 0 Å². The monoisotopic (exact) mass is 1470 g/mol. The summed E-state index contributed by atoms with van der Waals surface area (Å²) in [7, 11) is 0. The zero-order valence-corrected chi connectivity index (χ0v) is 57.3. The number of hydrogen-bond donors (Lipinski definition) is 6. The molecule has 38 heteroatoms. The molecule has 7 rings (SSSR count). The fourth-order valence-corrected chi connectivity index (χ4v) is 11.1. The molecule has 6 heterocycles. The number of carbonyl (C=O) groups is 5. The van der Waals surface area contributed by atoms with E-state index in [0.717, 1.165) is 5.69 Å². The first kappa shape index (κ1) is 83.4. The van der Waals surface area contributed by atoms with Gasteiger partial charge in [-0.2, -0.15) is 26.3 Å². The lowest BCUT2D eigenvalue weighted by Crippen LogP contribution is -2.66. The minimum Gasteiger partial charge on any atom is -0.383 e. The zero-order valence-electron chi connectivity index (χ0n) is 57.3. The number of halogens is 6. The lowest BCUT2D eigenvalue weighted by molar-refractivity contribution is -0.218. The molecule has 5 amide bonds. The van der Waals surface area contributed by atoms with Gasteiger partial charge in [0.2, 0.25) is 17.7 Å². The normalized spacial score (nSPS) is 25.7. The van der Waals surface area contributed by atoms with E-state index in [4.69, 9.17) is 99.5 Å². The number of hydrogen-bond acceptors (Lipinski definition) is 27. The molecule has 6 fully saturated rings. The molecule has 6 aliphatic rings. The van der Waals surface area contributed by atoms with E-state index in [1.807, 2.05) is 41.0 Å². The van der Waals surface area contributed by atoms with Crippen molar-refractivity contribution >= 4 is 35.2 Å². The number of carbonyl (C=O) groups excluding carboxylic acids is 5. The van der Waals surface area contributed by atoms with Gasteiger partial charge in [0, 0.05) is 38.2 Å². The van der Waals surface area contributed by atoms with Crippen molar-refractivity contribution in [3.05, 3.63) is 30.3 Å². The van der Waals surface area contributed by atoms with Crippen LogP contribution in [0.5, 0.6) is 0 Å². The second-order valence-electron chi connectivity index (χ2n) is 24.7. The molecule has 0 radical (unpaired) electrons. The minimum absolute atomic E-state index is 0.0138. The average molecular weight is 1470 g/mol. The predicted molar refractivity (Wildman–Crippen MR) is 333 cm³/mol. The van der Waals surface area contributed by atoms with Gasteiger partial charge in [0.25, 0.3) is 0 Å². The quantitative estimate of drug-likeness (QED) is 0.0375. The van der Waals surface area contributed by atoms with Gasteiger partial charge in [0.1, 0.15) is 54.3 Å². The highest BCUT2D eigenvalue weighted by molar-refractivity contribution is 5.82. The second-order valence-corrected chi connectivity index (χ2v) is 24.7. The van der Waals surface area contributed by atoms with Crippen molar-refractivity contribution in [2.75, 3.05) is 210 Å². The number of fused-ring (bicyclic) bond motifs is 8. The van der Waals surface area contributed by atoms with Crippen LogP contribution in [0.1, 0.15) is 40.5 Å². The molecule has 6 saturated heterocycles. The molecule has 32 nitrogen and oxygen atoms in total. The zero-order chi connectivity index (χ0) is 72.6. The van der Waals surface area contributed by atoms with E-state index in [-0.39, 0.29) is 203 Å². The van der Waals surface area contributed by atoms with Crippen molar-refractivity contribution < 1.29 is 150 Å². The first-order valence-electron chi connectivity index (χ1n) is 33.6. The Morgan fingerprint density at radius 2 is 0.812 bits per heavy atom. The molecule has 0 unspecified atom stereocenters. The molecular formula is C63H98F6N6O26. The van der Waals surface area contributed by atoms with Crippen LogP contribution in [-0.4, -0.2) is 324 Å². The highest BCUT2D eigenvalue weighted by Crippen LogP contribution is 2.48. The summed E-state index contributed by atoms with van der Waals surface area (Å²) in [4.78, 5) is 61.5. The van der Waals surface area contributed by atoms with Gasteiger partial charge >= 0.3 is 24.2 Å². The van der Waals surface area contributed by atoms with Crippen LogP contribution < -0.4 is 31.9 Å². The second kappa shape index (κ2) is 42.3. The van der Waals surface area contributed by atoms with Crippen LogP contribution in [0.3, 0.4) is 0 Å². The maximum atomic E-state index is 13.1. The summed E-state index contributed by atoms with van der Waals surface area (Å²) in [6.45, 7) is 11.9. The molecule has 101 heavy (non-hydrogen) atoms. The number of anilines is 1. The SMILES string of the molecule is CC1(C)O[C@@H]2[C@@H](NC(=O)C(F)(F)F)[C@H]3OC[C@](COCCOCCOCCOCCNC(=O)CCOCC(COCCC(=O)NCCOCCOCCOCCOC[C@@]45CO[C@@H](O4)[C@H](NC(=O)C(F)(F)F)[C@H]4OC(C)(C)O[C@H]45)NC(=O)COCCOCCOCCNc4ccccc4)(O3)[C@@H]2O1. The van der Waals surface area contributed by atoms with E-state index in [9.17, 15) is 50.3 Å². The third-order valence-electron chi connectivity index (χ3n) is 15.7. The molecule has 4 bridgehead atoms. The van der Waals surface area contributed by atoms with Crippen molar-refractivity contribution in [2.24, 2.45) is 0 Å². The van der Waals surface area contributed by atoms with Gasteiger partial charge in [0.15, 0.2) is 24.2 Å². The molecule has 10 atom stereocenters. The predicted octanol–water partition coefficient (Wildman–Crippen LogP) is 0.197. The summed E-state index contributed by atoms with van der Waals surface area (Å²) >= 11 is 0. The Morgan fingerprint density at radius 3 is 1.21 bits per heavy atom. The van der Waals surface area contributed by atoms with E-state index in [1.54, 1.807) is 27.7 Å². The minimum atomic E-state index is -5.12. The van der Waals surface area contributed by atoms with E-state index >= 15 is 0 Å². The van der Waals surface area contributed by atoms with E-state index in [1.165, 1.54) is 0 Å². The lowest BCUT2D eigenvalue weighted by atomic mass is 9.88. The molecule has 6 N–H and O–H groups in total. The fraction of sp³-hybridized carbons (Fsp3) is 0.825. The number of nitrogens with one attached hydrogen (secondary N) is 6. The molecule has 0 aliphatic carbocycles. The largest absolute Gasteiger partial charge is 0.471 e. The van der Waals surface area contributed by atoms with Crippen LogP contribution in [0, 0.1) is 0 Å². The van der Waals surface area contributed by atoms with Crippen LogP contribution in [0.4, 0.5) is 32.0 Å². The molecule has 6 aliphatic heterocycles. The van der Waals surface area contributed by atoms with Gasteiger partial charge in [-0.1, -0.05) is 18.2 Å². The Bertz CT molecular complexity index is 2480. The summed E-state index contributed by atoms with van der Waals surface area (Å²) in [6.07, 6.45) is -16.4. The van der Waals surface area contributed by atoms with Crippen molar-refractivity contribution in [3.8, 4) is 0 Å². The molecule has 0 saturated carbocycles. The van der Waals surface area contributed by atoms with Gasteiger partial charge < -0.3 is 131 Å². The van der Waals surface area contributed by atoms with Crippen LogP contribution in [0.15, 0.2) is 30.3 Å². The summed E-state index contributed by atoms with van der Waals surface area (Å²) in [5, 5.41) is 15.4. The molecule has 1 aromatic carbocycles. The summed E-state index contributed by atoms with van der Waals surface area (Å²) < 4.78 is 198. The van der Waals surface area contributed by atoms with Gasteiger partial charge in [0.05, 0.1) is 184 Å². The molecule has 578 valence electrons. The standard InChI is InChI=1S/C63H98F6N6O26/c1-58(2)96-50-48(74-56(79)62(64,65)66)54-94-41-60(100-54,52(50)98-58)39-92-34-31-87-28-26-84-23-21-82-18-13-71-45(76)10-15-89-36-44(73-47(78)38-91-33-30-86-25-20-81-17-12-70-43-8-6-5-7-9-43)37-90-16-11-46(77)72-14-19-83-22-24-85-27-29-88-32-35-93-40-61-42-95-55(101-61)49(75-57(80)63(67,68)69)51-53(61)99-59(3,4)97-51/h5-9,44,48-55,70H,10-42H2,1-4H3,(H,71,76)(H,72,77)(H,73,78)(H,74,79)(H,75,80)/t48-,49-,50-,51-,52-,53-,54+,55+,60+,61+/m1/s1. The molecular weight excluding hydrogens is 1370 g/mol. The first-order valence-corrected chi connectivity index (χ1v) is 33.6. The molecule has 0 aromatic heterocycles. The fourth-order valence-electron chi connectivity index (χ4n) is 11.1.